The number of aromatic carboxylic acids is 1. The molecule has 0 saturated heterocycles. The summed E-state index contributed by atoms with van der Waals surface area (Å²) in [7, 11) is 0. The first-order valence-electron chi connectivity index (χ1n) is 10.2. The van der Waals surface area contributed by atoms with Gasteiger partial charge in [-0.25, -0.2) is 9.78 Å². The van der Waals surface area contributed by atoms with Gasteiger partial charge in [-0.15, -0.1) is 0 Å². The van der Waals surface area contributed by atoms with Gasteiger partial charge in [0.05, 0.1) is 27.7 Å². The SMILES string of the molecule is CC[C@@H](C)c1nc2ccc(Br)cc2c(=O)n1N=Cc1ccc(-c2cc(C(=O)O)ccc2Cl)o1. The lowest BCUT2D eigenvalue weighted by molar-refractivity contribution is 0.0697. The highest BCUT2D eigenvalue weighted by molar-refractivity contribution is 9.10. The number of halogens is 2. The van der Waals surface area contributed by atoms with Gasteiger partial charge in [0.2, 0.25) is 0 Å². The molecule has 0 bridgehead atoms. The van der Waals surface area contributed by atoms with Crippen molar-refractivity contribution in [2.24, 2.45) is 5.10 Å². The van der Waals surface area contributed by atoms with Gasteiger partial charge < -0.3 is 9.52 Å². The van der Waals surface area contributed by atoms with E-state index in [1.807, 2.05) is 19.9 Å². The van der Waals surface area contributed by atoms with Crippen LogP contribution < -0.4 is 5.56 Å². The van der Waals surface area contributed by atoms with Crippen molar-refractivity contribution < 1.29 is 14.3 Å². The van der Waals surface area contributed by atoms with Crippen molar-refractivity contribution >= 4 is 50.6 Å². The minimum absolute atomic E-state index is 0.00706. The van der Waals surface area contributed by atoms with Gasteiger partial charge in [0, 0.05) is 16.0 Å². The molecule has 168 valence electrons. The third-order valence-electron chi connectivity index (χ3n) is 5.29. The van der Waals surface area contributed by atoms with Crippen LogP contribution in [0.3, 0.4) is 0 Å². The molecule has 4 aromatic rings. The highest BCUT2D eigenvalue weighted by atomic mass is 79.9. The number of carbonyl (C=O) groups is 1. The zero-order valence-electron chi connectivity index (χ0n) is 17.8. The van der Waals surface area contributed by atoms with Crippen LogP contribution in [0.5, 0.6) is 0 Å². The number of aromatic nitrogens is 2. The number of carboxylic acid groups (broad SMARTS) is 1. The first kappa shape index (κ1) is 22.9. The first-order chi connectivity index (χ1) is 15.8. The van der Waals surface area contributed by atoms with E-state index in [4.69, 9.17) is 16.0 Å². The zero-order valence-corrected chi connectivity index (χ0v) is 20.1. The number of hydrogen-bond donors (Lipinski definition) is 1. The van der Waals surface area contributed by atoms with E-state index >= 15 is 0 Å². The fourth-order valence-electron chi connectivity index (χ4n) is 3.31. The summed E-state index contributed by atoms with van der Waals surface area (Å²) in [5.41, 5.74) is 0.875. The quantitative estimate of drug-likeness (QED) is 0.302. The normalized spacial score (nSPS) is 12.5. The van der Waals surface area contributed by atoms with Crippen LogP contribution in [-0.2, 0) is 0 Å². The number of hydrogen-bond acceptors (Lipinski definition) is 5. The largest absolute Gasteiger partial charge is 0.478 e. The first-order valence-corrected chi connectivity index (χ1v) is 11.3. The molecule has 0 spiro atoms. The van der Waals surface area contributed by atoms with Gasteiger partial charge in [0.15, 0.2) is 0 Å². The summed E-state index contributed by atoms with van der Waals surface area (Å²) in [6, 6.07) is 13.1. The molecule has 0 aliphatic rings. The summed E-state index contributed by atoms with van der Waals surface area (Å²) in [6.45, 7) is 4.01. The van der Waals surface area contributed by atoms with Crippen LogP contribution in [0.2, 0.25) is 5.02 Å². The molecule has 1 atom stereocenters. The summed E-state index contributed by atoms with van der Waals surface area (Å²) < 4.78 is 7.88. The minimum Gasteiger partial charge on any atom is -0.478 e. The average molecular weight is 529 g/mol. The summed E-state index contributed by atoms with van der Waals surface area (Å²) in [5.74, 6) is 0.261. The van der Waals surface area contributed by atoms with Crippen LogP contribution in [0.1, 0.15) is 48.1 Å². The highest BCUT2D eigenvalue weighted by Gasteiger charge is 2.16. The number of furan rings is 1. The fraction of sp³-hybridized carbons (Fsp3) is 0.167. The monoisotopic (exact) mass is 527 g/mol. The van der Waals surface area contributed by atoms with Crippen LogP contribution >= 0.6 is 27.5 Å². The number of fused-ring (bicyclic) bond motifs is 1. The van der Waals surface area contributed by atoms with Gasteiger partial charge in [-0.1, -0.05) is 41.4 Å². The minimum atomic E-state index is -1.06. The molecular weight excluding hydrogens is 510 g/mol. The predicted molar refractivity (Wildman–Crippen MR) is 132 cm³/mol. The number of nitrogens with zero attached hydrogens (tertiary/aromatic N) is 3. The lowest BCUT2D eigenvalue weighted by Crippen LogP contribution is -2.23. The second kappa shape index (κ2) is 9.33. The summed E-state index contributed by atoms with van der Waals surface area (Å²) >= 11 is 9.63. The third-order valence-corrected chi connectivity index (χ3v) is 6.12. The van der Waals surface area contributed by atoms with E-state index in [9.17, 15) is 14.7 Å². The molecule has 2 aromatic heterocycles. The van der Waals surface area contributed by atoms with Crippen molar-refractivity contribution in [1.82, 2.24) is 9.66 Å². The van der Waals surface area contributed by atoms with Crippen LogP contribution in [0.25, 0.3) is 22.2 Å². The Morgan fingerprint density at radius 3 is 2.79 bits per heavy atom. The van der Waals surface area contributed by atoms with E-state index in [2.05, 4.69) is 26.0 Å². The van der Waals surface area contributed by atoms with Crippen LogP contribution in [0.4, 0.5) is 0 Å². The molecule has 33 heavy (non-hydrogen) atoms. The van der Waals surface area contributed by atoms with Crippen molar-refractivity contribution in [3.8, 4) is 11.3 Å². The maximum Gasteiger partial charge on any atom is 0.335 e. The molecule has 0 aliphatic heterocycles. The molecule has 9 heteroatoms. The van der Waals surface area contributed by atoms with Crippen molar-refractivity contribution in [3.05, 3.63) is 85.5 Å². The second-order valence-electron chi connectivity index (χ2n) is 7.50. The molecular formula is C24H19BrClN3O4. The standard InChI is InChI=1S/C24H19BrClN3O4/c1-3-13(2)22-28-20-8-5-15(25)11-18(20)23(30)29(22)27-12-16-6-9-21(33-16)17-10-14(24(31)32)4-7-19(17)26/h4-13H,3H2,1-2H3,(H,31,32)/t13-/m1/s1. The van der Waals surface area contributed by atoms with Gasteiger partial charge in [0.1, 0.15) is 17.3 Å². The number of carboxylic acids is 1. The van der Waals surface area contributed by atoms with Crippen molar-refractivity contribution in [3.63, 3.8) is 0 Å². The molecule has 0 saturated carbocycles. The lowest BCUT2D eigenvalue weighted by Gasteiger charge is -2.13. The van der Waals surface area contributed by atoms with Gasteiger partial charge in [-0.3, -0.25) is 4.79 Å². The van der Waals surface area contributed by atoms with Crippen molar-refractivity contribution in [1.29, 1.82) is 0 Å². The Hall–Kier alpha value is -3.23. The third kappa shape index (κ3) is 4.62. The van der Waals surface area contributed by atoms with E-state index in [0.29, 0.717) is 38.8 Å². The Bertz CT molecular complexity index is 1460. The van der Waals surface area contributed by atoms with E-state index in [0.717, 1.165) is 10.9 Å². The van der Waals surface area contributed by atoms with Gasteiger partial charge in [0.25, 0.3) is 5.56 Å². The zero-order chi connectivity index (χ0) is 23.7. The highest BCUT2D eigenvalue weighted by Crippen LogP contribution is 2.30. The maximum absolute atomic E-state index is 13.2. The van der Waals surface area contributed by atoms with Crippen molar-refractivity contribution in [2.45, 2.75) is 26.2 Å². The van der Waals surface area contributed by atoms with E-state index in [1.54, 1.807) is 24.3 Å². The maximum atomic E-state index is 13.2. The number of benzene rings is 2. The Kier molecular flexibility index (Phi) is 6.49. The molecule has 0 amide bonds. The molecule has 2 heterocycles. The van der Waals surface area contributed by atoms with Crippen molar-refractivity contribution in [2.75, 3.05) is 0 Å². The Labute approximate surface area is 202 Å². The van der Waals surface area contributed by atoms with E-state index < -0.39 is 5.97 Å². The fourth-order valence-corrected chi connectivity index (χ4v) is 3.88. The van der Waals surface area contributed by atoms with Crippen LogP contribution in [0, 0.1) is 0 Å². The average Bonchev–Trinajstić information content (AvgIpc) is 3.27. The molecule has 4 rings (SSSR count). The van der Waals surface area contributed by atoms with Crippen LogP contribution in [0.15, 0.2) is 67.3 Å². The predicted octanol–water partition coefficient (Wildman–Crippen LogP) is 6.17. The van der Waals surface area contributed by atoms with Crippen LogP contribution in [-0.4, -0.2) is 27.0 Å². The smallest absolute Gasteiger partial charge is 0.335 e. The van der Waals surface area contributed by atoms with E-state index in [-0.39, 0.29) is 17.0 Å². The molecule has 0 radical (unpaired) electrons. The van der Waals surface area contributed by atoms with Gasteiger partial charge >= 0.3 is 5.97 Å². The Morgan fingerprint density at radius 1 is 1.27 bits per heavy atom. The van der Waals surface area contributed by atoms with Gasteiger partial charge in [-0.2, -0.15) is 9.78 Å². The molecule has 7 nitrogen and oxygen atoms in total. The molecule has 0 aliphatic carbocycles. The molecule has 1 N–H and O–H groups in total. The molecule has 0 unspecified atom stereocenters. The molecule has 2 aromatic carbocycles. The summed E-state index contributed by atoms with van der Waals surface area (Å²) in [6.07, 6.45) is 2.21. The second-order valence-corrected chi connectivity index (χ2v) is 8.83. The Balaban J connectivity index is 1.76. The lowest BCUT2D eigenvalue weighted by atomic mass is 10.1. The topological polar surface area (TPSA) is 97.7 Å². The summed E-state index contributed by atoms with van der Waals surface area (Å²) in [5, 5.41) is 14.4. The van der Waals surface area contributed by atoms with Gasteiger partial charge in [-0.05, 0) is 55.0 Å². The van der Waals surface area contributed by atoms with E-state index in [1.165, 1.54) is 29.1 Å². The summed E-state index contributed by atoms with van der Waals surface area (Å²) in [4.78, 5) is 29.2. The molecule has 0 fully saturated rings. The number of rotatable bonds is 6. The Morgan fingerprint density at radius 2 is 2.06 bits per heavy atom.